The molecule has 0 aromatic heterocycles. The molecule has 0 saturated carbocycles. The number of ether oxygens (including phenoxy) is 1. The summed E-state index contributed by atoms with van der Waals surface area (Å²) in [5.74, 6) is -0.328. The van der Waals surface area contributed by atoms with E-state index in [9.17, 15) is 4.79 Å². The monoisotopic (exact) mass is 534 g/mol. The Morgan fingerprint density at radius 1 is 0.706 bits per heavy atom. The average molecular weight is 534 g/mol. The van der Waals surface area contributed by atoms with Crippen LogP contribution in [0.3, 0.4) is 0 Å². The first kappa shape index (κ1) is 23.3. The molecular weight excluding hydrogens is 513 g/mol. The Morgan fingerprint density at radius 2 is 1.18 bits per heavy atom. The van der Waals surface area contributed by atoms with Crippen LogP contribution >= 0.6 is 0 Å². The van der Waals surface area contributed by atoms with Crippen molar-refractivity contribution in [1.29, 1.82) is 0 Å². The summed E-state index contributed by atoms with van der Waals surface area (Å²) in [6, 6.07) is 5.96. The Morgan fingerprint density at radius 3 is 1.74 bits per heavy atom. The van der Waals surface area contributed by atoms with Gasteiger partial charge in [0.1, 0.15) is 0 Å². The van der Waals surface area contributed by atoms with Gasteiger partial charge in [0.15, 0.2) is 0 Å². The molecule has 34 heavy (non-hydrogen) atoms. The molecule has 0 bridgehead atoms. The van der Waals surface area contributed by atoms with Crippen molar-refractivity contribution in [2.24, 2.45) is 0 Å². The van der Waals surface area contributed by atoms with Gasteiger partial charge in [-0.25, -0.2) is 4.79 Å². The number of nitrogens with zero attached hydrogens (tertiary/aromatic N) is 4. The summed E-state index contributed by atoms with van der Waals surface area (Å²) in [7, 11) is 0. The topological polar surface area (TPSA) is 82.7 Å². The van der Waals surface area contributed by atoms with E-state index in [-0.39, 0.29) is 25.4 Å². The van der Waals surface area contributed by atoms with Crippen molar-refractivity contribution in [3.05, 3.63) is 115 Å². The number of esters is 1. The molecule has 2 aromatic carbocycles. The molecule has 6 nitrogen and oxygen atoms in total. The van der Waals surface area contributed by atoms with Crippen LogP contribution in [0, 0.1) is 0 Å². The van der Waals surface area contributed by atoms with Gasteiger partial charge in [-0.2, -0.15) is 24.8 Å². The second kappa shape index (κ2) is 10.4. The van der Waals surface area contributed by atoms with Crippen molar-refractivity contribution in [3.8, 4) is 0 Å². The molecule has 0 radical (unpaired) electrons. The van der Waals surface area contributed by atoms with Crippen LogP contribution in [0.15, 0.2) is 67.3 Å². The van der Waals surface area contributed by atoms with Crippen molar-refractivity contribution in [2.75, 3.05) is 6.61 Å². The predicted molar refractivity (Wildman–Crippen MR) is 134 cm³/mol. The van der Waals surface area contributed by atoms with Crippen molar-refractivity contribution in [2.45, 2.75) is 6.92 Å². The van der Waals surface area contributed by atoms with Gasteiger partial charge < -0.3 is 26.0 Å². The first-order chi connectivity index (χ1) is 16.3. The summed E-state index contributed by atoms with van der Waals surface area (Å²) in [5.41, 5.74) is 4.01. The number of fused-ring (bicyclic) bond motifs is 6. The van der Waals surface area contributed by atoms with Crippen LogP contribution < -0.4 is 20.9 Å². The van der Waals surface area contributed by atoms with Crippen molar-refractivity contribution in [1.82, 2.24) is 0 Å². The molecule has 0 fully saturated rings. The Labute approximate surface area is 210 Å². The summed E-state index contributed by atoms with van der Waals surface area (Å²) in [5, 5.41) is 21.3. The summed E-state index contributed by atoms with van der Waals surface area (Å²) >= 11 is 0. The molecule has 4 heterocycles. The number of carbonyl (C=O) groups is 1. The van der Waals surface area contributed by atoms with E-state index >= 15 is 0 Å². The smallest absolute Gasteiger partial charge is 0.665 e. The number of hydrogen-bond acceptors (Lipinski definition) is 2. The fraction of sp³-hybridized carbons (Fsp3) is 0.0741. The van der Waals surface area contributed by atoms with Gasteiger partial charge in [-0.3, -0.25) is 0 Å². The maximum Gasteiger partial charge on any atom is 4.00 e. The van der Waals surface area contributed by atoms with Crippen molar-refractivity contribution in [3.63, 3.8) is 0 Å². The molecule has 0 aliphatic carbocycles. The molecule has 0 unspecified atom stereocenters. The van der Waals surface area contributed by atoms with Gasteiger partial charge in [-0.15, -0.1) is 22.7 Å². The van der Waals surface area contributed by atoms with Crippen molar-refractivity contribution < 1.29 is 29.0 Å². The molecule has 0 amide bonds. The van der Waals surface area contributed by atoms with E-state index in [1.165, 1.54) is 0 Å². The van der Waals surface area contributed by atoms with Crippen LogP contribution in [-0.4, -0.2) is 12.6 Å². The maximum atomic E-state index is 12.0. The van der Waals surface area contributed by atoms with Crippen LogP contribution in [0.25, 0.3) is 45.6 Å². The van der Waals surface area contributed by atoms with Crippen molar-refractivity contribution >= 4 is 53.0 Å². The van der Waals surface area contributed by atoms with Gasteiger partial charge in [0.25, 0.3) is 0 Å². The van der Waals surface area contributed by atoms with Gasteiger partial charge >= 0.3 is 25.4 Å². The van der Waals surface area contributed by atoms with Gasteiger partial charge in [-0.05, 0) is 33.9 Å². The van der Waals surface area contributed by atoms with E-state index in [1.807, 2.05) is 36.4 Å². The average Bonchev–Trinajstić information content (AvgIpc) is 2.88. The number of carbonyl (C=O) groups excluding carboxylic acids is 1. The third kappa shape index (κ3) is 4.48. The normalized spacial score (nSPS) is 14.3. The van der Waals surface area contributed by atoms with E-state index in [2.05, 4.69) is 45.6 Å². The molecule has 0 N–H and O–H groups in total. The second-order valence-corrected chi connectivity index (χ2v) is 7.34. The minimum atomic E-state index is -0.328. The zero-order chi connectivity index (χ0) is 22.6. The predicted octanol–water partition coefficient (Wildman–Crippen LogP) is 4.80. The minimum Gasteiger partial charge on any atom is -0.665 e. The molecule has 168 valence electrons. The Balaban J connectivity index is 0.000000163. The molecule has 4 aliphatic heterocycles. The summed E-state index contributed by atoms with van der Waals surface area (Å²) in [6.07, 6.45) is 22.4. The number of rotatable bonds is 2. The summed E-state index contributed by atoms with van der Waals surface area (Å²) in [6.45, 7) is 2.15. The van der Waals surface area contributed by atoms with Crippen LogP contribution in [0.1, 0.15) is 17.3 Å². The fourth-order valence-corrected chi connectivity index (χ4v) is 3.83. The van der Waals surface area contributed by atoms with E-state index in [4.69, 9.17) is 4.74 Å². The van der Waals surface area contributed by atoms with E-state index < -0.39 is 0 Å². The molecule has 6 rings (SSSR count). The quantitative estimate of drug-likeness (QED) is 0.411. The first-order valence-electron chi connectivity index (χ1n) is 10.6. The second-order valence-electron chi connectivity index (χ2n) is 7.34. The molecule has 0 saturated heterocycles. The zero-order valence-corrected chi connectivity index (χ0v) is 20.1. The molecule has 0 atom stereocenters. The first-order valence-corrected chi connectivity index (χ1v) is 10.6. The number of hydrogen-bond donors (Lipinski definition) is 0. The Hall–Kier alpha value is -3.83. The van der Waals surface area contributed by atoms with Gasteiger partial charge in [0.05, 0.1) is 12.2 Å². The van der Waals surface area contributed by atoms with E-state index in [0.29, 0.717) is 12.2 Å². The Kier molecular flexibility index (Phi) is 7.14. The van der Waals surface area contributed by atoms with Gasteiger partial charge in [0.2, 0.25) is 0 Å². The molecule has 4 aliphatic rings. The van der Waals surface area contributed by atoms with E-state index in [1.54, 1.807) is 37.8 Å². The minimum absolute atomic E-state index is 0. The maximum absolute atomic E-state index is 12.0. The number of benzene rings is 2. The third-order valence-corrected chi connectivity index (χ3v) is 5.30. The zero-order valence-electron chi connectivity index (χ0n) is 18.3. The van der Waals surface area contributed by atoms with Crippen LogP contribution in [0.4, 0.5) is 22.7 Å². The summed E-state index contributed by atoms with van der Waals surface area (Å²) < 4.78 is 5.10. The number of allylic oxidation sites excluding steroid dienone is 4. The van der Waals surface area contributed by atoms with Gasteiger partial charge in [0, 0.05) is 0 Å². The van der Waals surface area contributed by atoms with Crippen LogP contribution in [0.2, 0.25) is 0 Å². The molecule has 7 heteroatoms. The van der Waals surface area contributed by atoms with Gasteiger partial charge in [-0.1, -0.05) is 60.7 Å². The van der Waals surface area contributed by atoms with E-state index in [0.717, 1.165) is 43.6 Å². The molecular formula is C27H20N4O2Ru. The SMILES string of the molecule is C1=C[N-]c2c3c(ccc2=C1)=CC=C[N-]3.CCOC(=O)c1cc2c(c3c1=CC=C[N-]3)[N-]C=CC=2.[Ru+4]. The summed E-state index contributed by atoms with van der Waals surface area (Å²) in [4.78, 5) is 12.0. The largest absolute Gasteiger partial charge is 4.00 e. The fourth-order valence-electron chi connectivity index (χ4n) is 3.83. The van der Waals surface area contributed by atoms with Crippen LogP contribution in [0.5, 0.6) is 0 Å². The van der Waals surface area contributed by atoms with Crippen LogP contribution in [-0.2, 0) is 24.2 Å². The Bertz CT molecular complexity index is 1450. The standard InChI is InChI=1S/C15H13N2O2.C12H8N2.Ru/c1-2-19-15(18)12-9-10-5-3-7-16-13(10)14-11(12)6-4-8-17-14;1-3-9-5-6-10-4-2-8-14-12(10)11(9)13-7-1;/h3-9H,2H2,1H3,(H,16,18);1-8H;/q-1;-2;+4/p-1. The molecule has 0 spiro atoms. The molecule has 2 aromatic rings. The third-order valence-electron chi connectivity index (χ3n) is 5.30.